The van der Waals surface area contributed by atoms with Crippen LogP contribution in [-0.2, 0) is 17.2 Å². The molecule has 4 atom stereocenters. The Labute approximate surface area is 139 Å². The van der Waals surface area contributed by atoms with Gasteiger partial charge in [0, 0.05) is 45.2 Å². The molecular weight excluding hydrogens is 316 g/mol. The van der Waals surface area contributed by atoms with E-state index in [1.54, 1.807) is 11.3 Å². The summed E-state index contributed by atoms with van der Waals surface area (Å²) in [6.07, 6.45) is 4.76. The van der Waals surface area contributed by atoms with Gasteiger partial charge < -0.3 is 10.6 Å². The molecule has 0 aromatic carbocycles. The van der Waals surface area contributed by atoms with Gasteiger partial charge in [-0.3, -0.25) is 4.21 Å². The largest absolute Gasteiger partial charge is 0.335 e. The maximum atomic E-state index is 12.1. The van der Waals surface area contributed by atoms with E-state index in [4.69, 9.17) is 0 Å². The minimum Gasteiger partial charge on any atom is -0.335 e. The molecule has 0 unspecified atom stereocenters. The highest BCUT2D eigenvalue weighted by molar-refractivity contribution is 7.85. The van der Waals surface area contributed by atoms with Crippen LogP contribution in [0.3, 0.4) is 0 Å². The molecule has 1 aromatic rings. The fourth-order valence-corrected chi connectivity index (χ4v) is 5.17. The first-order valence-corrected chi connectivity index (χ1v) is 10.3. The minimum atomic E-state index is -0.752. The van der Waals surface area contributed by atoms with Crippen LogP contribution in [0.4, 0.5) is 4.79 Å². The maximum absolute atomic E-state index is 12.1. The normalized spacial score (nSPS) is 24.5. The molecule has 0 saturated heterocycles. The summed E-state index contributed by atoms with van der Waals surface area (Å²) in [7, 11) is -0.752. The molecule has 1 heterocycles. The van der Waals surface area contributed by atoms with Crippen molar-refractivity contribution in [2.24, 2.45) is 0 Å². The highest BCUT2D eigenvalue weighted by atomic mass is 32.2. The zero-order chi connectivity index (χ0) is 15.9. The Balaban J connectivity index is 1.75. The Morgan fingerprint density at radius 1 is 1.50 bits per heavy atom. The molecule has 4 nitrogen and oxygen atoms in total. The summed E-state index contributed by atoms with van der Waals surface area (Å²) < 4.78 is 11.9. The maximum Gasteiger partial charge on any atom is 0.315 e. The Bertz CT molecular complexity index is 490. The number of urea groups is 1. The highest BCUT2D eigenvalue weighted by Crippen LogP contribution is 2.23. The van der Waals surface area contributed by atoms with Crippen LogP contribution in [0.1, 0.15) is 44.4 Å². The van der Waals surface area contributed by atoms with E-state index in [9.17, 15) is 9.00 Å². The topological polar surface area (TPSA) is 58.2 Å². The van der Waals surface area contributed by atoms with E-state index in [2.05, 4.69) is 22.1 Å². The number of carbonyl (C=O) groups is 1. The molecule has 1 saturated carbocycles. The number of hydrogen-bond acceptors (Lipinski definition) is 3. The quantitative estimate of drug-likeness (QED) is 0.835. The van der Waals surface area contributed by atoms with Crippen LogP contribution < -0.4 is 10.6 Å². The average molecular weight is 343 g/mol. The van der Waals surface area contributed by atoms with Crippen LogP contribution in [0.15, 0.2) is 17.5 Å². The molecule has 22 heavy (non-hydrogen) atoms. The van der Waals surface area contributed by atoms with Crippen LogP contribution in [0.25, 0.3) is 0 Å². The average Bonchev–Trinajstić information content (AvgIpc) is 2.99. The molecular formula is C16H26N2O2S2. The van der Waals surface area contributed by atoms with Crippen LogP contribution >= 0.6 is 11.3 Å². The van der Waals surface area contributed by atoms with Gasteiger partial charge in [-0.05, 0) is 37.6 Å². The van der Waals surface area contributed by atoms with Crippen molar-refractivity contribution in [1.29, 1.82) is 0 Å². The van der Waals surface area contributed by atoms with Crippen molar-refractivity contribution in [2.45, 2.75) is 63.3 Å². The highest BCUT2D eigenvalue weighted by Gasteiger charge is 2.26. The first kappa shape index (κ1) is 17.5. The van der Waals surface area contributed by atoms with Crippen molar-refractivity contribution in [3.8, 4) is 0 Å². The van der Waals surface area contributed by atoms with Crippen molar-refractivity contribution in [1.82, 2.24) is 10.6 Å². The molecule has 2 N–H and O–H groups in total. The predicted octanol–water partition coefficient (Wildman–Crippen LogP) is 3.06. The molecule has 0 bridgehead atoms. The fourth-order valence-electron chi connectivity index (χ4n) is 2.98. The van der Waals surface area contributed by atoms with Gasteiger partial charge in [0.25, 0.3) is 0 Å². The van der Waals surface area contributed by atoms with Crippen LogP contribution in [0, 0.1) is 0 Å². The van der Waals surface area contributed by atoms with Crippen LogP contribution in [0.2, 0.25) is 0 Å². The zero-order valence-electron chi connectivity index (χ0n) is 13.3. The Morgan fingerprint density at radius 2 is 2.32 bits per heavy atom. The summed E-state index contributed by atoms with van der Waals surface area (Å²) in [6, 6.07) is 4.29. The van der Waals surface area contributed by atoms with Gasteiger partial charge in [-0.25, -0.2) is 4.79 Å². The van der Waals surface area contributed by atoms with Gasteiger partial charge >= 0.3 is 6.03 Å². The third kappa shape index (κ3) is 5.39. The molecule has 124 valence electrons. The smallest absolute Gasteiger partial charge is 0.315 e. The minimum absolute atomic E-state index is 0.100. The lowest BCUT2D eigenvalue weighted by molar-refractivity contribution is 0.230. The molecule has 0 radical (unpaired) electrons. The van der Waals surface area contributed by atoms with Gasteiger partial charge in [0.2, 0.25) is 0 Å². The van der Waals surface area contributed by atoms with E-state index >= 15 is 0 Å². The van der Waals surface area contributed by atoms with E-state index in [-0.39, 0.29) is 23.4 Å². The monoisotopic (exact) mass is 342 g/mol. The van der Waals surface area contributed by atoms with Crippen LogP contribution in [-0.4, -0.2) is 33.3 Å². The molecule has 1 aliphatic rings. The molecule has 1 aliphatic carbocycles. The number of hydrogen-bond donors (Lipinski definition) is 2. The van der Waals surface area contributed by atoms with Gasteiger partial charge in [-0.1, -0.05) is 19.4 Å². The van der Waals surface area contributed by atoms with Crippen molar-refractivity contribution < 1.29 is 9.00 Å². The van der Waals surface area contributed by atoms with Crippen molar-refractivity contribution in [3.63, 3.8) is 0 Å². The van der Waals surface area contributed by atoms with Gasteiger partial charge in [-0.15, -0.1) is 11.3 Å². The summed E-state index contributed by atoms with van der Waals surface area (Å²) >= 11 is 1.71. The molecule has 6 heteroatoms. The zero-order valence-corrected chi connectivity index (χ0v) is 15.0. The lowest BCUT2D eigenvalue weighted by Crippen LogP contribution is -2.48. The molecule has 1 aromatic heterocycles. The molecule has 0 spiro atoms. The predicted molar refractivity (Wildman–Crippen MR) is 93.9 cm³/mol. The summed E-state index contributed by atoms with van der Waals surface area (Å²) in [6.45, 7) is 3.99. The number of carbonyl (C=O) groups excluding carboxylic acids is 1. The van der Waals surface area contributed by atoms with Crippen molar-refractivity contribution >= 4 is 28.2 Å². The van der Waals surface area contributed by atoms with Crippen molar-refractivity contribution in [2.75, 3.05) is 5.75 Å². The number of nitrogens with one attached hydrogen (secondary N) is 2. The van der Waals surface area contributed by atoms with Crippen LogP contribution in [0.5, 0.6) is 0 Å². The summed E-state index contributed by atoms with van der Waals surface area (Å²) in [4.78, 5) is 13.4. The SMILES string of the molecule is CC[S@](=O)[C@@H]1CCC[C@@H](NC(=O)N[C@H](C)Cc2cccs2)C1. The second-order valence-electron chi connectivity index (χ2n) is 5.96. The van der Waals surface area contributed by atoms with Gasteiger partial charge in [0.05, 0.1) is 0 Å². The van der Waals surface area contributed by atoms with Crippen molar-refractivity contribution in [3.05, 3.63) is 22.4 Å². The second kappa shape index (κ2) is 8.67. The lowest BCUT2D eigenvalue weighted by Gasteiger charge is -2.29. The van der Waals surface area contributed by atoms with E-state index in [1.165, 1.54) is 4.88 Å². The molecule has 1 fully saturated rings. The Hall–Kier alpha value is -0.880. The van der Waals surface area contributed by atoms with Gasteiger partial charge in [0.15, 0.2) is 0 Å². The molecule has 0 aliphatic heterocycles. The van der Waals surface area contributed by atoms with E-state index in [0.29, 0.717) is 5.75 Å². The Morgan fingerprint density at radius 3 is 3.00 bits per heavy atom. The molecule has 2 rings (SSSR count). The fraction of sp³-hybridized carbons (Fsp3) is 0.688. The summed E-state index contributed by atoms with van der Waals surface area (Å²) in [5.74, 6) is 0.710. The Kier molecular flexibility index (Phi) is 6.89. The summed E-state index contributed by atoms with van der Waals surface area (Å²) in [5, 5.41) is 8.36. The number of thiophene rings is 1. The third-order valence-corrected chi connectivity index (χ3v) is 6.72. The standard InChI is InChI=1S/C16H26N2O2S2/c1-3-22(20)15-8-4-6-13(11-15)18-16(19)17-12(2)10-14-7-5-9-21-14/h5,7,9,12-13,15H,3-4,6,8,10-11H2,1-2H3,(H2,17,18,19)/t12-,13-,15-,22+/m1/s1. The first-order valence-electron chi connectivity index (χ1n) is 8.05. The summed E-state index contributed by atoms with van der Waals surface area (Å²) in [5.41, 5.74) is 0. The number of rotatable bonds is 6. The second-order valence-corrected chi connectivity index (χ2v) is 9.00. The first-order chi connectivity index (χ1) is 10.6. The van der Waals surface area contributed by atoms with E-state index < -0.39 is 10.8 Å². The number of amides is 2. The van der Waals surface area contributed by atoms with Gasteiger partial charge in [-0.2, -0.15) is 0 Å². The molecule has 2 amide bonds. The van der Waals surface area contributed by atoms with E-state index in [0.717, 1.165) is 32.1 Å². The lowest BCUT2D eigenvalue weighted by atomic mass is 9.95. The van der Waals surface area contributed by atoms with E-state index in [1.807, 2.05) is 19.9 Å². The van der Waals surface area contributed by atoms with Gasteiger partial charge in [0.1, 0.15) is 0 Å². The third-order valence-electron chi connectivity index (χ3n) is 4.08.